The Kier molecular flexibility index (Phi) is 18.7. The van der Waals surface area contributed by atoms with Crippen molar-refractivity contribution in [1.82, 2.24) is 0 Å². The molecule has 0 atom stereocenters. The summed E-state index contributed by atoms with van der Waals surface area (Å²) in [5, 5.41) is 0. The first-order chi connectivity index (χ1) is 12.3. The summed E-state index contributed by atoms with van der Waals surface area (Å²) < 4.78 is 4.59. The average Bonchev–Trinajstić information content (AvgIpc) is 2.63. The highest BCUT2D eigenvalue weighted by molar-refractivity contribution is 5.69. The quantitative estimate of drug-likeness (QED) is 0.184. The van der Waals surface area contributed by atoms with Crippen molar-refractivity contribution in [2.24, 2.45) is 0 Å². The van der Waals surface area contributed by atoms with Crippen LogP contribution in [0.2, 0.25) is 0 Å². The summed E-state index contributed by atoms with van der Waals surface area (Å²) in [5.74, 6) is -0.144. The van der Waals surface area contributed by atoms with Crippen molar-refractivity contribution in [2.45, 2.75) is 71.1 Å². The molecule has 0 rings (SSSR count). The number of rotatable bonds is 15. The van der Waals surface area contributed by atoms with Gasteiger partial charge in [0, 0.05) is 6.42 Å². The molecule has 0 aromatic heterocycles. The molecule has 0 aliphatic carbocycles. The third-order valence-corrected chi connectivity index (χ3v) is 3.62. The average molecular weight is 345 g/mol. The summed E-state index contributed by atoms with van der Waals surface area (Å²) in [6, 6.07) is 0. The second-order valence-corrected chi connectivity index (χ2v) is 5.87. The molecule has 0 aliphatic rings. The van der Waals surface area contributed by atoms with Crippen LogP contribution in [0.1, 0.15) is 71.1 Å². The molecule has 25 heavy (non-hydrogen) atoms. The fraction of sp³-hybridized carbons (Fsp3) is 0.522. The van der Waals surface area contributed by atoms with E-state index < -0.39 is 0 Å². The minimum Gasteiger partial charge on any atom is -0.469 e. The second-order valence-electron chi connectivity index (χ2n) is 5.87. The van der Waals surface area contributed by atoms with Crippen molar-refractivity contribution < 1.29 is 9.53 Å². The van der Waals surface area contributed by atoms with Crippen LogP contribution in [0.25, 0.3) is 0 Å². The molecular weight excluding hydrogens is 308 g/mol. The first kappa shape index (κ1) is 23.2. The van der Waals surface area contributed by atoms with Gasteiger partial charge in [-0.1, -0.05) is 67.7 Å². The highest BCUT2D eigenvalue weighted by Crippen LogP contribution is 2.03. The molecule has 0 unspecified atom stereocenters. The summed E-state index contributed by atoms with van der Waals surface area (Å²) in [5.41, 5.74) is 0. The zero-order valence-electron chi connectivity index (χ0n) is 16.2. The number of carbonyl (C=O) groups excluding carboxylic acids is 1. The summed E-state index contributed by atoms with van der Waals surface area (Å²) in [4.78, 5) is 10.9. The molecule has 2 nitrogen and oxygen atoms in total. The lowest BCUT2D eigenvalue weighted by Gasteiger charge is -1.94. The van der Waals surface area contributed by atoms with Gasteiger partial charge in [0.2, 0.25) is 0 Å². The maximum absolute atomic E-state index is 10.9. The van der Waals surface area contributed by atoms with Crippen molar-refractivity contribution in [1.29, 1.82) is 0 Å². The summed E-state index contributed by atoms with van der Waals surface area (Å²) >= 11 is 0. The Hall–Kier alpha value is -1.83. The number of hydrogen-bond acceptors (Lipinski definition) is 2. The van der Waals surface area contributed by atoms with Crippen LogP contribution < -0.4 is 0 Å². The predicted molar refractivity (Wildman–Crippen MR) is 110 cm³/mol. The van der Waals surface area contributed by atoms with E-state index in [1.807, 2.05) is 6.08 Å². The second kappa shape index (κ2) is 20.2. The topological polar surface area (TPSA) is 26.3 Å². The van der Waals surface area contributed by atoms with Crippen molar-refractivity contribution in [3.05, 3.63) is 60.8 Å². The monoisotopic (exact) mass is 344 g/mol. The number of unbranched alkanes of at least 4 members (excludes halogenated alkanes) is 3. The molecule has 0 amide bonds. The number of carbonyl (C=O) groups is 1. The summed E-state index contributed by atoms with van der Waals surface area (Å²) in [6.07, 6.45) is 32.2. The maximum Gasteiger partial charge on any atom is 0.305 e. The molecule has 0 aromatic carbocycles. The minimum atomic E-state index is -0.144. The Labute approximate surface area is 155 Å². The van der Waals surface area contributed by atoms with Crippen molar-refractivity contribution in [3.8, 4) is 0 Å². The van der Waals surface area contributed by atoms with Crippen LogP contribution >= 0.6 is 0 Å². The molecule has 0 aromatic rings. The third kappa shape index (κ3) is 20.1. The van der Waals surface area contributed by atoms with Gasteiger partial charge >= 0.3 is 5.97 Å². The number of allylic oxidation sites excluding steroid dienone is 10. The fourth-order valence-electron chi connectivity index (χ4n) is 2.16. The Morgan fingerprint density at radius 3 is 1.60 bits per heavy atom. The van der Waals surface area contributed by atoms with Crippen LogP contribution in [0.4, 0.5) is 0 Å². The van der Waals surface area contributed by atoms with E-state index in [0.29, 0.717) is 6.42 Å². The molecular formula is C23H36O2. The van der Waals surface area contributed by atoms with E-state index in [0.717, 1.165) is 38.5 Å². The number of esters is 1. The molecule has 0 bridgehead atoms. The standard InChI is InChI=1S/C23H36O2/c1-3-4-5-6-7-8-9-10-11-12-13-14-15-16-17-18-19-20-21-22-23(24)25-2/h4-5,7-8,10-11,16-17,19-20H,3,6,9,12-15,18,21-22H2,1-2H3/b5-4-,8-7-,11-10-,17-16-,20-19-. The molecule has 0 fully saturated rings. The molecule has 0 N–H and O–H groups in total. The SMILES string of the molecule is CC/C=C\C/C=C\C/C=C\CCCC/C=C\C/C=C\CCC(=O)OC. The van der Waals surface area contributed by atoms with Crippen LogP contribution in [0.3, 0.4) is 0 Å². The highest BCUT2D eigenvalue weighted by atomic mass is 16.5. The van der Waals surface area contributed by atoms with E-state index in [1.165, 1.54) is 26.4 Å². The van der Waals surface area contributed by atoms with E-state index in [4.69, 9.17) is 0 Å². The molecule has 0 aliphatic heterocycles. The van der Waals surface area contributed by atoms with E-state index in [-0.39, 0.29) is 5.97 Å². The zero-order valence-corrected chi connectivity index (χ0v) is 16.2. The van der Waals surface area contributed by atoms with Crippen LogP contribution in [0.15, 0.2) is 60.8 Å². The number of ether oxygens (including phenoxy) is 1. The van der Waals surface area contributed by atoms with Gasteiger partial charge in [0.05, 0.1) is 7.11 Å². The summed E-state index contributed by atoms with van der Waals surface area (Å²) in [6.45, 7) is 2.16. The van der Waals surface area contributed by atoms with Crippen LogP contribution in [-0.2, 0) is 9.53 Å². The van der Waals surface area contributed by atoms with Gasteiger partial charge in [-0.25, -0.2) is 0 Å². The van der Waals surface area contributed by atoms with Gasteiger partial charge in [-0.15, -0.1) is 0 Å². The van der Waals surface area contributed by atoms with E-state index in [2.05, 4.69) is 66.3 Å². The number of hydrogen-bond donors (Lipinski definition) is 0. The van der Waals surface area contributed by atoms with E-state index in [1.54, 1.807) is 0 Å². The van der Waals surface area contributed by atoms with Crippen LogP contribution in [-0.4, -0.2) is 13.1 Å². The van der Waals surface area contributed by atoms with Crippen molar-refractivity contribution in [2.75, 3.05) is 7.11 Å². The van der Waals surface area contributed by atoms with Gasteiger partial charge < -0.3 is 4.74 Å². The van der Waals surface area contributed by atoms with Crippen molar-refractivity contribution >= 4 is 5.97 Å². The van der Waals surface area contributed by atoms with Gasteiger partial charge in [0.15, 0.2) is 0 Å². The first-order valence-electron chi connectivity index (χ1n) is 9.63. The molecule has 0 radical (unpaired) electrons. The number of methoxy groups -OCH3 is 1. The van der Waals surface area contributed by atoms with Gasteiger partial charge in [0.25, 0.3) is 0 Å². The molecule has 140 valence electrons. The Balaban J connectivity index is 3.39. The highest BCUT2D eigenvalue weighted by Gasteiger charge is 1.94. The Morgan fingerprint density at radius 1 is 0.680 bits per heavy atom. The lowest BCUT2D eigenvalue weighted by atomic mass is 10.1. The Morgan fingerprint density at radius 2 is 1.12 bits per heavy atom. The van der Waals surface area contributed by atoms with Gasteiger partial charge in [-0.3, -0.25) is 4.79 Å². The lowest BCUT2D eigenvalue weighted by molar-refractivity contribution is -0.140. The van der Waals surface area contributed by atoms with Gasteiger partial charge in [0.1, 0.15) is 0 Å². The molecule has 0 saturated carbocycles. The normalized spacial score (nSPS) is 12.6. The van der Waals surface area contributed by atoms with Crippen LogP contribution in [0.5, 0.6) is 0 Å². The molecule has 0 spiro atoms. The maximum atomic E-state index is 10.9. The smallest absolute Gasteiger partial charge is 0.305 e. The van der Waals surface area contributed by atoms with Crippen LogP contribution in [0, 0.1) is 0 Å². The zero-order chi connectivity index (χ0) is 18.4. The van der Waals surface area contributed by atoms with Crippen molar-refractivity contribution in [3.63, 3.8) is 0 Å². The summed E-state index contributed by atoms with van der Waals surface area (Å²) in [7, 11) is 1.43. The third-order valence-electron chi connectivity index (χ3n) is 3.62. The van der Waals surface area contributed by atoms with E-state index >= 15 is 0 Å². The molecule has 2 heteroatoms. The predicted octanol–water partition coefficient (Wildman–Crippen LogP) is 6.86. The largest absolute Gasteiger partial charge is 0.469 e. The van der Waals surface area contributed by atoms with Gasteiger partial charge in [-0.05, 0) is 57.8 Å². The molecule has 0 heterocycles. The molecule has 0 saturated heterocycles. The van der Waals surface area contributed by atoms with E-state index in [9.17, 15) is 4.79 Å². The lowest BCUT2D eigenvalue weighted by Crippen LogP contribution is -1.97. The first-order valence-corrected chi connectivity index (χ1v) is 9.63. The minimum absolute atomic E-state index is 0.144. The Bertz CT molecular complexity index is 439. The fourth-order valence-corrected chi connectivity index (χ4v) is 2.16. The van der Waals surface area contributed by atoms with Gasteiger partial charge in [-0.2, -0.15) is 0 Å².